The van der Waals surface area contributed by atoms with Crippen LogP contribution in [0.2, 0.25) is 0 Å². The van der Waals surface area contributed by atoms with E-state index in [1.165, 1.54) is 4.90 Å². The number of hydrogen-bond acceptors (Lipinski definition) is 3. The zero-order valence-electron chi connectivity index (χ0n) is 12.4. The SMILES string of the molecule is CCCN(CC(=O)Nc1ccccc1)CC(=O)N(C)C. The molecule has 0 saturated carbocycles. The van der Waals surface area contributed by atoms with E-state index >= 15 is 0 Å². The molecule has 5 heteroatoms. The third kappa shape index (κ3) is 5.84. The quantitative estimate of drug-likeness (QED) is 0.820. The monoisotopic (exact) mass is 277 g/mol. The fourth-order valence-corrected chi connectivity index (χ4v) is 1.79. The summed E-state index contributed by atoms with van der Waals surface area (Å²) in [6.07, 6.45) is 0.902. The lowest BCUT2D eigenvalue weighted by Gasteiger charge is -2.22. The van der Waals surface area contributed by atoms with E-state index in [0.717, 1.165) is 18.7 Å². The summed E-state index contributed by atoms with van der Waals surface area (Å²) in [6.45, 7) is 3.25. The molecule has 110 valence electrons. The zero-order valence-corrected chi connectivity index (χ0v) is 12.4. The minimum atomic E-state index is -0.101. The van der Waals surface area contributed by atoms with E-state index in [9.17, 15) is 9.59 Å². The van der Waals surface area contributed by atoms with Gasteiger partial charge in [-0.05, 0) is 25.1 Å². The van der Waals surface area contributed by atoms with Gasteiger partial charge in [-0.1, -0.05) is 25.1 Å². The molecular formula is C15H23N3O2. The minimum absolute atomic E-state index is 0.00552. The first-order chi connectivity index (χ1) is 9.52. The Kier molecular flexibility index (Phi) is 6.73. The molecule has 0 atom stereocenters. The Morgan fingerprint density at radius 2 is 1.75 bits per heavy atom. The highest BCUT2D eigenvalue weighted by Gasteiger charge is 2.15. The van der Waals surface area contributed by atoms with Crippen LogP contribution in [0.5, 0.6) is 0 Å². The Morgan fingerprint density at radius 3 is 2.30 bits per heavy atom. The van der Waals surface area contributed by atoms with Crippen molar-refractivity contribution in [3.05, 3.63) is 30.3 Å². The van der Waals surface area contributed by atoms with Gasteiger partial charge in [-0.3, -0.25) is 14.5 Å². The highest BCUT2D eigenvalue weighted by atomic mass is 16.2. The Labute approximate surface area is 120 Å². The van der Waals surface area contributed by atoms with Gasteiger partial charge in [-0.2, -0.15) is 0 Å². The number of hydrogen-bond donors (Lipinski definition) is 1. The lowest BCUT2D eigenvalue weighted by Crippen LogP contribution is -2.41. The van der Waals surface area contributed by atoms with Gasteiger partial charge in [0.2, 0.25) is 11.8 Å². The third-order valence-electron chi connectivity index (χ3n) is 2.82. The predicted molar refractivity (Wildman–Crippen MR) is 80.5 cm³/mol. The molecule has 1 rings (SSSR count). The molecule has 1 aromatic carbocycles. The second kappa shape index (κ2) is 8.32. The van der Waals surface area contributed by atoms with Gasteiger partial charge in [0.15, 0.2) is 0 Å². The summed E-state index contributed by atoms with van der Waals surface area (Å²) in [5.74, 6) is -0.0952. The molecule has 0 bridgehead atoms. The Balaban J connectivity index is 2.52. The van der Waals surface area contributed by atoms with Crippen LogP contribution >= 0.6 is 0 Å². The first-order valence-corrected chi connectivity index (χ1v) is 6.80. The van der Waals surface area contributed by atoms with E-state index in [1.807, 2.05) is 42.2 Å². The van der Waals surface area contributed by atoms with Crippen LogP contribution in [0.25, 0.3) is 0 Å². The lowest BCUT2D eigenvalue weighted by atomic mass is 10.3. The van der Waals surface area contributed by atoms with E-state index in [4.69, 9.17) is 0 Å². The number of nitrogens with zero attached hydrogens (tertiary/aromatic N) is 2. The maximum atomic E-state index is 12.0. The fourth-order valence-electron chi connectivity index (χ4n) is 1.79. The largest absolute Gasteiger partial charge is 0.348 e. The summed E-state index contributed by atoms with van der Waals surface area (Å²) >= 11 is 0. The molecule has 0 fully saturated rings. The first-order valence-electron chi connectivity index (χ1n) is 6.80. The van der Waals surface area contributed by atoms with Gasteiger partial charge >= 0.3 is 0 Å². The minimum Gasteiger partial charge on any atom is -0.348 e. The lowest BCUT2D eigenvalue weighted by molar-refractivity contribution is -0.130. The second-order valence-electron chi connectivity index (χ2n) is 4.91. The van der Waals surface area contributed by atoms with E-state index in [0.29, 0.717) is 0 Å². The van der Waals surface area contributed by atoms with Crippen LogP contribution in [-0.4, -0.2) is 55.3 Å². The van der Waals surface area contributed by atoms with E-state index < -0.39 is 0 Å². The van der Waals surface area contributed by atoms with Crippen molar-refractivity contribution in [1.82, 2.24) is 9.80 Å². The number of amides is 2. The van der Waals surface area contributed by atoms with Crippen molar-refractivity contribution < 1.29 is 9.59 Å². The molecule has 0 aliphatic rings. The van der Waals surface area contributed by atoms with Crippen molar-refractivity contribution in [2.45, 2.75) is 13.3 Å². The first kappa shape index (κ1) is 16.2. The molecule has 1 N–H and O–H groups in total. The van der Waals surface area contributed by atoms with E-state index in [-0.39, 0.29) is 24.9 Å². The molecule has 0 spiro atoms. The number of rotatable bonds is 7. The highest BCUT2D eigenvalue weighted by Crippen LogP contribution is 2.05. The van der Waals surface area contributed by atoms with Gasteiger partial charge in [0.05, 0.1) is 13.1 Å². The number of nitrogens with one attached hydrogen (secondary N) is 1. The number of carbonyl (C=O) groups is 2. The standard InChI is InChI=1S/C15H23N3O2/c1-4-10-18(12-15(20)17(2)3)11-14(19)16-13-8-6-5-7-9-13/h5-9H,4,10-12H2,1-3H3,(H,16,19). The van der Waals surface area contributed by atoms with Gasteiger partial charge in [-0.25, -0.2) is 0 Å². The van der Waals surface area contributed by atoms with Crippen molar-refractivity contribution in [3.8, 4) is 0 Å². The van der Waals surface area contributed by atoms with E-state index in [2.05, 4.69) is 5.32 Å². The van der Waals surface area contributed by atoms with Crippen LogP contribution in [0.3, 0.4) is 0 Å². The molecule has 0 aliphatic carbocycles. The van der Waals surface area contributed by atoms with E-state index in [1.54, 1.807) is 14.1 Å². The van der Waals surface area contributed by atoms with Crippen LogP contribution in [-0.2, 0) is 9.59 Å². The number of anilines is 1. The van der Waals surface area contributed by atoms with Crippen molar-refractivity contribution in [2.24, 2.45) is 0 Å². The Bertz CT molecular complexity index is 432. The van der Waals surface area contributed by atoms with Crippen molar-refractivity contribution in [2.75, 3.05) is 39.0 Å². The zero-order chi connectivity index (χ0) is 15.0. The average molecular weight is 277 g/mol. The molecule has 1 aromatic rings. The van der Waals surface area contributed by atoms with Crippen molar-refractivity contribution in [1.29, 1.82) is 0 Å². The second-order valence-corrected chi connectivity index (χ2v) is 4.91. The van der Waals surface area contributed by atoms with Gasteiger partial charge in [0.1, 0.15) is 0 Å². The summed E-state index contributed by atoms with van der Waals surface area (Å²) in [7, 11) is 3.44. The smallest absolute Gasteiger partial charge is 0.238 e. The van der Waals surface area contributed by atoms with Gasteiger partial charge in [0, 0.05) is 19.8 Å². The summed E-state index contributed by atoms with van der Waals surface area (Å²) in [4.78, 5) is 27.1. The normalized spacial score (nSPS) is 10.4. The Hall–Kier alpha value is -1.88. The molecule has 0 aliphatic heterocycles. The molecule has 0 saturated heterocycles. The highest BCUT2D eigenvalue weighted by molar-refractivity contribution is 5.92. The van der Waals surface area contributed by atoms with Gasteiger partial charge in [-0.15, -0.1) is 0 Å². The fraction of sp³-hybridized carbons (Fsp3) is 0.467. The van der Waals surface area contributed by atoms with Gasteiger partial charge in [0.25, 0.3) is 0 Å². The molecular weight excluding hydrogens is 254 g/mol. The number of benzene rings is 1. The topological polar surface area (TPSA) is 52.7 Å². The summed E-state index contributed by atoms with van der Waals surface area (Å²) in [6, 6.07) is 9.32. The molecule has 0 unspecified atom stereocenters. The summed E-state index contributed by atoms with van der Waals surface area (Å²) < 4.78 is 0. The van der Waals surface area contributed by atoms with Gasteiger partial charge < -0.3 is 10.2 Å². The van der Waals surface area contributed by atoms with Crippen LogP contribution in [0, 0.1) is 0 Å². The molecule has 5 nitrogen and oxygen atoms in total. The molecule has 0 radical (unpaired) electrons. The third-order valence-corrected chi connectivity index (χ3v) is 2.82. The molecule has 0 heterocycles. The molecule has 20 heavy (non-hydrogen) atoms. The van der Waals surface area contributed by atoms with Crippen LogP contribution in [0.4, 0.5) is 5.69 Å². The van der Waals surface area contributed by atoms with Crippen LogP contribution < -0.4 is 5.32 Å². The van der Waals surface area contributed by atoms with Crippen LogP contribution in [0.1, 0.15) is 13.3 Å². The average Bonchev–Trinajstić information content (AvgIpc) is 2.39. The number of likely N-dealkylation sites (N-methyl/N-ethyl adjacent to an activating group) is 1. The number of carbonyl (C=O) groups excluding carboxylic acids is 2. The maximum absolute atomic E-state index is 12.0. The van der Waals surface area contributed by atoms with Crippen molar-refractivity contribution in [3.63, 3.8) is 0 Å². The maximum Gasteiger partial charge on any atom is 0.238 e. The predicted octanol–water partition coefficient (Wildman–Crippen LogP) is 1.43. The number of para-hydroxylation sites is 1. The summed E-state index contributed by atoms with van der Waals surface area (Å²) in [5.41, 5.74) is 0.771. The molecule has 2 amide bonds. The summed E-state index contributed by atoms with van der Waals surface area (Å²) in [5, 5.41) is 2.83. The van der Waals surface area contributed by atoms with Crippen LogP contribution in [0.15, 0.2) is 30.3 Å². The Morgan fingerprint density at radius 1 is 1.10 bits per heavy atom. The molecule has 0 aromatic heterocycles. The van der Waals surface area contributed by atoms with Crippen molar-refractivity contribution >= 4 is 17.5 Å².